The molecule has 0 bridgehead atoms. The maximum absolute atomic E-state index is 12.4. The number of ether oxygens (including phenoxy) is 1. The standard InChI is InChI=1S/C27H28N4O4/c32-25-13-12-22(27(34)29-25)21-7-2-1-4-19(21)16-35-20-10-8-17(9-11-20)14-26(33)28-24-15-23(30-31-24)18-5-3-6-18/h1-2,4,7-11,15,18,22H,3,5-6,12-14,16H2,(H,29,32,34)(H2,28,30,31,33). The molecule has 180 valence electrons. The highest BCUT2D eigenvalue weighted by Crippen LogP contribution is 2.35. The van der Waals surface area contributed by atoms with Crippen molar-refractivity contribution < 1.29 is 19.1 Å². The minimum Gasteiger partial charge on any atom is -0.489 e. The number of amides is 3. The molecule has 5 rings (SSSR count). The van der Waals surface area contributed by atoms with Crippen LogP contribution in [0, 0.1) is 0 Å². The Morgan fingerprint density at radius 2 is 1.86 bits per heavy atom. The van der Waals surface area contributed by atoms with Gasteiger partial charge in [0.15, 0.2) is 5.82 Å². The van der Waals surface area contributed by atoms with Crippen molar-refractivity contribution in [1.29, 1.82) is 0 Å². The number of carbonyl (C=O) groups is 3. The second-order valence-electron chi connectivity index (χ2n) is 9.20. The molecule has 3 aromatic rings. The number of nitrogens with one attached hydrogen (secondary N) is 3. The Balaban J connectivity index is 1.15. The van der Waals surface area contributed by atoms with Crippen LogP contribution in [-0.4, -0.2) is 27.9 Å². The molecule has 2 heterocycles. The molecule has 1 aromatic heterocycles. The second-order valence-corrected chi connectivity index (χ2v) is 9.20. The summed E-state index contributed by atoms with van der Waals surface area (Å²) >= 11 is 0. The van der Waals surface area contributed by atoms with Gasteiger partial charge >= 0.3 is 0 Å². The van der Waals surface area contributed by atoms with Gasteiger partial charge in [-0.2, -0.15) is 5.10 Å². The summed E-state index contributed by atoms with van der Waals surface area (Å²) in [6.07, 6.45) is 4.67. The molecule has 1 unspecified atom stereocenters. The fraction of sp³-hybridized carbons (Fsp3) is 0.333. The Kier molecular flexibility index (Phi) is 6.61. The Hall–Kier alpha value is -3.94. The SMILES string of the molecule is O=C1CCC(c2ccccc2COc2ccc(CC(=O)Nc3cc(C4CCC4)[nH]n3)cc2)C(=O)N1. The zero-order valence-corrected chi connectivity index (χ0v) is 19.4. The number of rotatable bonds is 8. The summed E-state index contributed by atoms with van der Waals surface area (Å²) in [5.74, 6) is 0.811. The molecule has 0 radical (unpaired) electrons. The maximum atomic E-state index is 12.4. The summed E-state index contributed by atoms with van der Waals surface area (Å²) in [4.78, 5) is 36.2. The average Bonchev–Trinajstić information content (AvgIpc) is 3.25. The third kappa shape index (κ3) is 5.42. The van der Waals surface area contributed by atoms with Crippen LogP contribution in [0.1, 0.15) is 66.3 Å². The van der Waals surface area contributed by atoms with Crippen molar-refractivity contribution >= 4 is 23.5 Å². The quantitative estimate of drug-likeness (QED) is 0.430. The Labute approximate surface area is 203 Å². The maximum Gasteiger partial charge on any atom is 0.234 e. The molecular formula is C27H28N4O4. The molecular weight excluding hydrogens is 444 g/mol. The minimum atomic E-state index is -0.354. The lowest BCUT2D eigenvalue weighted by molar-refractivity contribution is -0.134. The van der Waals surface area contributed by atoms with Crippen LogP contribution in [0.3, 0.4) is 0 Å². The second kappa shape index (κ2) is 10.1. The lowest BCUT2D eigenvalue weighted by Gasteiger charge is -2.23. The Bertz CT molecular complexity index is 1230. The molecule has 3 amide bonds. The van der Waals surface area contributed by atoms with Gasteiger partial charge in [-0.25, -0.2) is 0 Å². The van der Waals surface area contributed by atoms with Crippen LogP contribution in [0.2, 0.25) is 0 Å². The van der Waals surface area contributed by atoms with E-state index in [4.69, 9.17) is 4.74 Å². The number of aromatic nitrogens is 2. The summed E-state index contributed by atoms with van der Waals surface area (Å²) in [6, 6.07) is 17.0. The third-order valence-electron chi connectivity index (χ3n) is 6.76. The molecule has 2 fully saturated rings. The van der Waals surface area contributed by atoms with Crippen LogP contribution in [0.15, 0.2) is 54.6 Å². The van der Waals surface area contributed by atoms with Crippen LogP contribution in [-0.2, 0) is 27.4 Å². The van der Waals surface area contributed by atoms with Crippen molar-refractivity contribution in [3.63, 3.8) is 0 Å². The molecule has 1 saturated heterocycles. The Morgan fingerprint density at radius 1 is 1.06 bits per heavy atom. The summed E-state index contributed by atoms with van der Waals surface area (Å²) in [5.41, 5.74) is 3.75. The van der Waals surface area contributed by atoms with Crippen molar-refractivity contribution in [1.82, 2.24) is 15.5 Å². The number of nitrogens with zero attached hydrogens (tertiary/aromatic N) is 1. The number of H-pyrrole nitrogens is 1. The van der Waals surface area contributed by atoms with Crippen molar-refractivity contribution in [2.24, 2.45) is 0 Å². The normalized spacial score (nSPS) is 18.0. The zero-order chi connectivity index (χ0) is 24.2. The predicted molar refractivity (Wildman–Crippen MR) is 130 cm³/mol. The van der Waals surface area contributed by atoms with E-state index in [9.17, 15) is 14.4 Å². The molecule has 2 aromatic carbocycles. The molecule has 1 aliphatic carbocycles. The van der Waals surface area contributed by atoms with Crippen molar-refractivity contribution in [2.45, 2.75) is 57.0 Å². The van der Waals surface area contributed by atoms with E-state index in [1.807, 2.05) is 54.6 Å². The first-order chi connectivity index (χ1) is 17.0. The van der Waals surface area contributed by atoms with E-state index in [2.05, 4.69) is 20.8 Å². The third-order valence-corrected chi connectivity index (χ3v) is 6.76. The van der Waals surface area contributed by atoms with E-state index in [1.165, 1.54) is 19.3 Å². The summed E-state index contributed by atoms with van der Waals surface area (Å²) in [7, 11) is 0. The van der Waals surface area contributed by atoms with E-state index in [1.54, 1.807) is 0 Å². The van der Waals surface area contributed by atoms with E-state index < -0.39 is 0 Å². The fourth-order valence-corrected chi connectivity index (χ4v) is 4.56. The number of imide groups is 1. The van der Waals surface area contributed by atoms with E-state index in [0.29, 0.717) is 36.9 Å². The number of aromatic amines is 1. The molecule has 3 N–H and O–H groups in total. The van der Waals surface area contributed by atoms with Gasteiger partial charge in [0.05, 0.1) is 12.3 Å². The molecule has 0 spiro atoms. The summed E-state index contributed by atoms with van der Waals surface area (Å²) in [6.45, 7) is 0.302. The van der Waals surface area contributed by atoms with Gasteiger partial charge in [-0.1, -0.05) is 42.8 Å². The molecule has 1 saturated carbocycles. The Morgan fingerprint density at radius 3 is 2.60 bits per heavy atom. The monoisotopic (exact) mass is 472 g/mol. The molecule has 8 nitrogen and oxygen atoms in total. The first-order valence-corrected chi connectivity index (χ1v) is 12.0. The highest BCUT2D eigenvalue weighted by molar-refractivity contribution is 6.01. The van der Waals surface area contributed by atoms with Gasteiger partial charge in [-0.3, -0.25) is 24.8 Å². The van der Waals surface area contributed by atoms with Gasteiger partial charge in [0.2, 0.25) is 17.7 Å². The predicted octanol–water partition coefficient (Wildman–Crippen LogP) is 3.96. The molecule has 2 aliphatic rings. The molecule has 1 aliphatic heterocycles. The van der Waals surface area contributed by atoms with Crippen LogP contribution < -0.4 is 15.4 Å². The van der Waals surface area contributed by atoms with Gasteiger partial charge in [0.25, 0.3) is 0 Å². The van der Waals surface area contributed by atoms with Crippen molar-refractivity contribution in [2.75, 3.05) is 5.32 Å². The molecule has 35 heavy (non-hydrogen) atoms. The average molecular weight is 473 g/mol. The number of carbonyl (C=O) groups excluding carboxylic acids is 3. The highest BCUT2D eigenvalue weighted by atomic mass is 16.5. The number of anilines is 1. The van der Waals surface area contributed by atoms with Crippen LogP contribution in [0.4, 0.5) is 5.82 Å². The van der Waals surface area contributed by atoms with Gasteiger partial charge in [0.1, 0.15) is 12.4 Å². The van der Waals surface area contributed by atoms with Crippen LogP contribution >= 0.6 is 0 Å². The van der Waals surface area contributed by atoms with Crippen molar-refractivity contribution in [3.8, 4) is 5.75 Å². The first-order valence-electron chi connectivity index (χ1n) is 12.0. The number of hydrogen-bond acceptors (Lipinski definition) is 5. The fourth-order valence-electron chi connectivity index (χ4n) is 4.56. The largest absolute Gasteiger partial charge is 0.489 e. The summed E-state index contributed by atoms with van der Waals surface area (Å²) in [5, 5.41) is 12.5. The van der Waals surface area contributed by atoms with E-state index in [0.717, 1.165) is 22.4 Å². The smallest absolute Gasteiger partial charge is 0.234 e. The van der Waals surface area contributed by atoms with E-state index >= 15 is 0 Å². The zero-order valence-electron chi connectivity index (χ0n) is 19.4. The molecule has 1 atom stereocenters. The number of benzene rings is 2. The van der Waals surface area contributed by atoms with Crippen molar-refractivity contribution in [3.05, 3.63) is 77.0 Å². The van der Waals surface area contributed by atoms with Gasteiger partial charge in [0, 0.05) is 24.1 Å². The lowest BCUT2D eigenvalue weighted by Crippen LogP contribution is -2.39. The summed E-state index contributed by atoms with van der Waals surface area (Å²) < 4.78 is 5.96. The van der Waals surface area contributed by atoms with Crippen LogP contribution in [0.25, 0.3) is 0 Å². The van der Waals surface area contributed by atoms with Gasteiger partial charge in [-0.15, -0.1) is 0 Å². The van der Waals surface area contributed by atoms with E-state index in [-0.39, 0.29) is 30.1 Å². The highest BCUT2D eigenvalue weighted by Gasteiger charge is 2.29. The first kappa shape index (κ1) is 22.8. The van der Waals surface area contributed by atoms with Gasteiger partial charge < -0.3 is 10.1 Å². The van der Waals surface area contributed by atoms with Gasteiger partial charge in [-0.05, 0) is 48.1 Å². The van der Waals surface area contributed by atoms with Crippen LogP contribution in [0.5, 0.6) is 5.75 Å². The minimum absolute atomic E-state index is 0.122. The molecule has 8 heteroatoms. The number of hydrogen-bond donors (Lipinski definition) is 3. The number of piperidine rings is 1. The topological polar surface area (TPSA) is 113 Å². The lowest BCUT2D eigenvalue weighted by atomic mass is 9.83.